The maximum absolute atomic E-state index is 12.4. The zero-order chi connectivity index (χ0) is 26.3. The fourth-order valence-electron chi connectivity index (χ4n) is 9.81. The first kappa shape index (κ1) is 26.2. The van der Waals surface area contributed by atoms with E-state index in [0.29, 0.717) is 18.4 Å². The summed E-state index contributed by atoms with van der Waals surface area (Å²) >= 11 is 0. The predicted octanol–water partition coefficient (Wildman–Crippen LogP) is 2.46. The van der Waals surface area contributed by atoms with E-state index in [2.05, 4.69) is 13.8 Å². The minimum Gasteiger partial charge on any atom is -0.458 e. The van der Waals surface area contributed by atoms with Gasteiger partial charge in [0.2, 0.25) is 0 Å². The molecule has 0 bridgehead atoms. The number of hydrogen-bond donors (Lipinski definition) is 4. The molecule has 13 atom stereocenters. The Hall–Kier alpha value is -1.03. The predicted molar refractivity (Wildman–Crippen MR) is 133 cm³/mol. The number of esters is 1. The molecule has 208 valence electrons. The molecule has 8 heteroatoms. The van der Waals surface area contributed by atoms with Gasteiger partial charge in [-0.1, -0.05) is 13.8 Å². The Morgan fingerprint density at radius 1 is 0.946 bits per heavy atom. The first-order chi connectivity index (χ1) is 17.5. The van der Waals surface area contributed by atoms with Crippen LogP contribution in [0.25, 0.3) is 0 Å². The monoisotopic (exact) mass is 520 g/mol. The average Bonchev–Trinajstić information content (AvgIpc) is 3.41. The maximum Gasteiger partial charge on any atom is 0.331 e. The van der Waals surface area contributed by atoms with Gasteiger partial charge in [0, 0.05) is 11.5 Å². The lowest BCUT2D eigenvalue weighted by Gasteiger charge is -2.64. The van der Waals surface area contributed by atoms with Crippen LogP contribution in [0.5, 0.6) is 0 Å². The minimum absolute atomic E-state index is 0.0661. The Balaban J connectivity index is 1.16. The summed E-state index contributed by atoms with van der Waals surface area (Å²) in [6.45, 7) is 6.73. The second kappa shape index (κ2) is 9.00. The van der Waals surface area contributed by atoms with Crippen molar-refractivity contribution in [2.24, 2.45) is 34.5 Å². The van der Waals surface area contributed by atoms with E-state index in [1.165, 1.54) is 0 Å². The molecule has 4 N–H and O–H groups in total. The summed E-state index contributed by atoms with van der Waals surface area (Å²) in [6.07, 6.45) is 4.88. The summed E-state index contributed by atoms with van der Waals surface area (Å²) in [5.41, 5.74) is 0.243. The fraction of sp³-hybridized carbons (Fsp3) is 0.897. The molecule has 6 rings (SSSR count). The molecule has 5 fully saturated rings. The molecule has 4 aliphatic carbocycles. The number of carbonyl (C=O) groups excluding carboxylic acids is 1. The molecule has 37 heavy (non-hydrogen) atoms. The van der Waals surface area contributed by atoms with E-state index in [4.69, 9.17) is 14.2 Å². The zero-order valence-corrected chi connectivity index (χ0v) is 22.3. The number of carbonyl (C=O) groups is 1. The van der Waals surface area contributed by atoms with Gasteiger partial charge in [0.15, 0.2) is 6.29 Å². The van der Waals surface area contributed by atoms with Crippen molar-refractivity contribution >= 4 is 5.97 Å². The number of ether oxygens (including phenoxy) is 3. The second-order valence-corrected chi connectivity index (χ2v) is 13.5. The number of aliphatic hydroxyl groups excluding tert-OH is 3. The number of aliphatic hydroxyl groups is 4. The summed E-state index contributed by atoms with van der Waals surface area (Å²) in [7, 11) is 0. The number of hydrogen-bond acceptors (Lipinski definition) is 8. The van der Waals surface area contributed by atoms with Gasteiger partial charge >= 0.3 is 5.97 Å². The van der Waals surface area contributed by atoms with Gasteiger partial charge in [-0.05, 0) is 99.4 Å². The highest BCUT2D eigenvalue weighted by atomic mass is 16.7. The van der Waals surface area contributed by atoms with Gasteiger partial charge in [0.1, 0.15) is 24.9 Å². The highest BCUT2D eigenvalue weighted by molar-refractivity contribution is 5.85. The van der Waals surface area contributed by atoms with E-state index in [0.717, 1.165) is 63.4 Å². The molecular weight excluding hydrogens is 476 g/mol. The Kier molecular flexibility index (Phi) is 6.37. The van der Waals surface area contributed by atoms with Crippen LogP contribution in [0, 0.1) is 34.5 Å². The van der Waals surface area contributed by atoms with Crippen molar-refractivity contribution in [3.8, 4) is 0 Å². The lowest BCUT2D eigenvalue weighted by molar-refractivity contribution is -0.310. The molecular formula is C29H44O8. The van der Waals surface area contributed by atoms with E-state index in [1.807, 2.05) is 0 Å². The molecule has 0 aromatic heterocycles. The van der Waals surface area contributed by atoms with Gasteiger partial charge in [0.25, 0.3) is 0 Å². The topological polar surface area (TPSA) is 126 Å². The molecule has 0 aromatic carbocycles. The normalized spacial score (nSPS) is 55.6. The first-order valence-electron chi connectivity index (χ1n) is 14.4. The maximum atomic E-state index is 12.4. The standard InChI is InChI=1S/C29H44O8/c1-15-23(31)24(32)25(33)26(36-15)37-18-6-9-27(2)17(13-18)4-5-21-20(27)7-10-28(3)19(8-11-29(21,28)34)16-12-22(30)35-14-16/h12,15,17-21,23-26,31-34H,4-11,13-14H2,1-3H3/t15-,17+,18+,19-,20+,21-,23-,24-,25-,26-,27+,28-,29+/m1/s1. The summed E-state index contributed by atoms with van der Waals surface area (Å²) in [4.78, 5) is 11.8. The Bertz CT molecular complexity index is 952. The van der Waals surface area contributed by atoms with E-state index in [-0.39, 0.29) is 34.7 Å². The second-order valence-electron chi connectivity index (χ2n) is 13.5. The molecule has 2 aliphatic heterocycles. The van der Waals surface area contributed by atoms with E-state index in [9.17, 15) is 25.2 Å². The Labute approximate surface area is 219 Å². The number of fused-ring (bicyclic) bond motifs is 5. The van der Waals surface area contributed by atoms with Crippen molar-refractivity contribution in [2.45, 2.75) is 121 Å². The van der Waals surface area contributed by atoms with Crippen LogP contribution in [0.2, 0.25) is 0 Å². The van der Waals surface area contributed by atoms with Crippen molar-refractivity contribution in [1.29, 1.82) is 0 Å². The van der Waals surface area contributed by atoms with Crippen molar-refractivity contribution in [3.63, 3.8) is 0 Å². The molecule has 0 spiro atoms. The molecule has 6 aliphatic rings. The molecule has 0 aromatic rings. The summed E-state index contributed by atoms with van der Waals surface area (Å²) in [5.74, 6) is 1.14. The fourth-order valence-corrected chi connectivity index (χ4v) is 9.81. The Morgan fingerprint density at radius 2 is 1.73 bits per heavy atom. The largest absolute Gasteiger partial charge is 0.458 e. The van der Waals surface area contributed by atoms with Crippen molar-refractivity contribution in [1.82, 2.24) is 0 Å². The lowest BCUT2D eigenvalue weighted by atomic mass is 9.43. The molecule has 0 amide bonds. The van der Waals surface area contributed by atoms with Crippen LogP contribution >= 0.6 is 0 Å². The van der Waals surface area contributed by atoms with E-state index in [1.54, 1.807) is 13.0 Å². The lowest BCUT2D eigenvalue weighted by Crippen LogP contribution is -2.62. The van der Waals surface area contributed by atoms with Crippen molar-refractivity contribution in [3.05, 3.63) is 11.6 Å². The van der Waals surface area contributed by atoms with Crippen molar-refractivity contribution in [2.75, 3.05) is 6.61 Å². The number of cyclic esters (lactones) is 1. The highest BCUT2D eigenvalue weighted by Gasteiger charge is 2.67. The third kappa shape index (κ3) is 3.80. The third-order valence-corrected chi connectivity index (χ3v) is 12.1. The molecule has 1 saturated heterocycles. The van der Waals surface area contributed by atoms with Gasteiger partial charge in [-0.3, -0.25) is 0 Å². The van der Waals surface area contributed by atoms with Crippen LogP contribution in [-0.2, 0) is 19.0 Å². The molecule has 2 heterocycles. The quantitative estimate of drug-likeness (QED) is 0.330. The third-order valence-electron chi connectivity index (χ3n) is 12.1. The van der Waals surface area contributed by atoms with Crippen LogP contribution in [-0.4, -0.2) is 75.4 Å². The van der Waals surface area contributed by atoms with Crippen LogP contribution in [0.4, 0.5) is 0 Å². The summed E-state index contributed by atoms with van der Waals surface area (Å²) in [5, 5.41) is 43.0. The molecule has 0 radical (unpaired) electrons. The summed E-state index contributed by atoms with van der Waals surface area (Å²) in [6, 6.07) is 0. The SMILES string of the molecule is C[C@H]1O[C@H](O[C@H]2CC[C@@]3(C)[C@@H](CC[C@@H]4[C@@H]3CC[C@]3(C)[C@@H](C5=CC(=O)OC5)CC[C@]43O)C2)[C@H](O)[C@H](O)[C@@H]1O. The smallest absolute Gasteiger partial charge is 0.331 e. The van der Waals surface area contributed by atoms with Crippen LogP contribution < -0.4 is 0 Å². The van der Waals surface area contributed by atoms with Crippen molar-refractivity contribution < 1.29 is 39.4 Å². The molecule has 0 unspecified atom stereocenters. The molecule has 8 nitrogen and oxygen atoms in total. The van der Waals surface area contributed by atoms with Gasteiger partial charge < -0.3 is 34.6 Å². The van der Waals surface area contributed by atoms with Gasteiger partial charge in [0.05, 0.1) is 17.8 Å². The average molecular weight is 521 g/mol. The van der Waals surface area contributed by atoms with Crippen LogP contribution in [0.15, 0.2) is 11.6 Å². The molecule has 4 saturated carbocycles. The Morgan fingerprint density at radius 3 is 2.46 bits per heavy atom. The van der Waals surface area contributed by atoms with Crippen LogP contribution in [0.3, 0.4) is 0 Å². The van der Waals surface area contributed by atoms with E-state index >= 15 is 0 Å². The van der Waals surface area contributed by atoms with E-state index < -0.39 is 36.3 Å². The minimum atomic E-state index is -1.28. The first-order valence-corrected chi connectivity index (χ1v) is 14.4. The number of rotatable bonds is 3. The highest BCUT2D eigenvalue weighted by Crippen LogP contribution is 2.70. The van der Waals surface area contributed by atoms with Crippen LogP contribution in [0.1, 0.15) is 78.6 Å². The van der Waals surface area contributed by atoms with Gasteiger partial charge in [-0.2, -0.15) is 0 Å². The van der Waals surface area contributed by atoms with Gasteiger partial charge in [-0.15, -0.1) is 0 Å². The zero-order valence-electron chi connectivity index (χ0n) is 22.3. The summed E-state index contributed by atoms with van der Waals surface area (Å²) < 4.78 is 17.2. The van der Waals surface area contributed by atoms with Gasteiger partial charge in [-0.25, -0.2) is 4.79 Å².